The van der Waals surface area contributed by atoms with Gasteiger partial charge in [0.15, 0.2) is 9.84 Å². The monoisotopic (exact) mass is 280 g/mol. The maximum absolute atomic E-state index is 12.5. The zero-order chi connectivity index (χ0) is 13.5. The van der Waals surface area contributed by atoms with Gasteiger partial charge < -0.3 is 4.74 Å². The van der Waals surface area contributed by atoms with Crippen molar-refractivity contribution in [2.45, 2.75) is 18.8 Å². The van der Waals surface area contributed by atoms with Gasteiger partial charge >= 0.3 is 0 Å². The topological polar surface area (TPSA) is 60.4 Å². The summed E-state index contributed by atoms with van der Waals surface area (Å²) in [6.45, 7) is 0.521. The molecule has 1 aromatic rings. The van der Waals surface area contributed by atoms with Crippen molar-refractivity contribution in [3.63, 3.8) is 0 Å². The third kappa shape index (κ3) is 2.39. The van der Waals surface area contributed by atoms with Crippen molar-refractivity contribution in [1.29, 1.82) is 0 Å². The Balaban J connectivity index is 1.86. The van der Waals surface area contributed by atoms with Crippen LogP contribution < -0.4 is 4.74 Å². The summed E-state index contributed by atoms with van der Waals surface area (Å²) in [5.74, 6) is 0.453. The van der Waals surface area contributed by atoms with Crippen LogP contribution in [-0.2, 0) is 14.6 Å². The Bertz CT molecular complexity index is 606. The molecule has 0 bridgehead atoms. The Labute approximate surface area is 112 Å². The lowest BCUT2D eigenvalue weighted by atomic mass is 9.83. The molecule has 1 aromatic carbocycles. The Morgan fingerprint density at radius 3 is 2.74 bits per heavy atom. The van der Waals surface area contributed by atoms with Gasteiger partial charge in [-0.05, 0) is 18.9 Å². The van der Waals surface area contributed by atoms with Gasteiger partial charge in [-0.3, -0.25) is 4.79 Å². The minimum atomic E-state index is -3.01. The molecular weight excluding hydrogens is 264 g/mol. The first-order chi connectivity index (χ1) is 9.07. The van der Waals surface area contributed by atoms with E-state index in [9.17, 15) is 13.2 Å². The number of carbonyl (C=O) groups is 1. The highest BCUT2D eigenvalue weighted by Gasteiger charge is 2.38. The number of sulfone groups is 1. The summed E-state index contributed by atoms with van der Waals surface area (Å²) in [5.41, 5.74) is 0.906. The fraction of sp³-hybridized carbons (Fsp3) is 0.500. The van der Waals surface area contributed by atoms with Crippen molar-refractivity contribution < 1.29 is 17.9 Å². The minimum absolute atomic E-state index is 0.0192. The Morgan fingerprint density at radius 1 is 1.21 bits per heavy atom. The molecular formula is C14H16O4S. The number of hydrogen-bond donors (Lipinski definition) is 0. The number of Topliss-reactive ketones (excluding diaryl/α,β-unsaturated/α-hetero) is 1. The van der Waals surface area contributed by atoms with Crippen molar-refractivity contribution in [1.82, 2.24) is 0 Å². The van der Waals surface area contributed by atoms with Crippen molar-refractivity contribution in [3.05, 3.63) is 29.8 Å². The summed E-state index contributed by atoms with van der Waals surface area (Å²) in [7, 11) is -3.01. The number of fused-ring (bicyclic) bond motifs is 1. The highest BCUT2D eigenvalue weighted by atomic mass is 32.2. The first-order valence-corrected chi connectivity index (χ1v) is 8.35. The van der Waals surface area contributed by atoms with Crippen LogP contribution in [0.4, 0.5) is 0 Å². The number of ether oxygens (including phenoxy) is 1. The molecule has 2 aliphatic rings. The predicted octanol–water partition coefficient (Wildman–Crippen LogP) is 1.56. The van der Waals surface area contributed by atoms with Crippen molar-refractivity contribution >= 4 is 15.6 Å². The molecule has 1 saturated heterocycles. The number of rotatable bonds is 2. The van der Waals surface area contributed by atoms with E-state index in [1.54, 1.807) is 0 Å². The Morgan fingerprint density at radius 2 is 2.00 bits per heavy atom. The van der Waals surface area contributed by atoms with E-state index in [1.807, 2.05) is 24.3 Å². The Hall–Kier alpha value is -1.36. The second kappa shape index (κ2) is 4.63. The second-order valence-corrected chi connectivity index (χ2v) is 7.46. The molecule has 0 radical (unpaired) electrons. The molecule has 2 unspecified atom stereocenters. The van der Waals surface area contributed by atoms with Crippen LogP contribution in [0.25, 0.3) is 0 Å². The van der Waals surface area contributed by atoms with Crippen molar-refractivity contribution in [2.24, 2.45) is 5.92 Å². The molecule has 0 N–H and O–H groups in total. The van der Waals surface area contributed by atoms with Gasteiger partial charge in [-0.25, -0.2) is 8.42 Å². The summed E-state index contributed by atoms with van der Waals surface area (Å²) < 4.78 is 28.5. The van der Waals surface area contributed by atoms with E-state index in [0.29, 0.717) is 19.4 Å². The van der Waals surface area contributed by atoms with E-state index in [0.717, 1.165) is 11.3 Å². The number of benzene rings is 1. The van der Waals surface area contributed by atoms with Gasteiger partial charge in [-0.1, -0.05) is 18.2 Å². The largest absolute Gasteiger partial charge is 0.493 e. The van der Waals surface area contributed by atoms with Crippen LogP contribution >= 0.6 is 0 Å². The highest BCUT2D eigenvalue weighted by molar-refractivity contribution is 7.91. The predicted molar refractivity (Wildman–Crippen MR) is 71.1 cm³/mol. The molecule has 0 aromatic heterocycles. The van der Waals surface area contributed by atoms with E-state index in [-0.39, 0.29) is 29.1 Å². The fourth-order valence-electron chi connectivity index (χ4n) is 2.94. The maximum Gasteiger partial charge on any atom is 0.151 e. The first-order valence-electron chi connectivity index (χ1n) is 6.53. The molecule has 0 spiro atoms. The highest BCUT2D eigenvalue weighted by Crippen LogP contribution is 2.37. The van der Waals surface area contributed by atoms with E-state index >= 15 is 0 Å². The number of para-hydroxylation sites is 1. The molecule has 102 valence electrons. The lowest BCUT2D eigenvalue weighted by Crippen LogP contribution is -2.27. The van der Waals surface area contributed by atoms with Crippen LogP contribution in [0.2, 0.25) is 0 Å². The van der Waals surface area contributed by atoms with Crippen LogP contribution in [-0.4, -0.2) is 32.3 Å². The Kier molecular flexibility index (Phi) is 3.09. The third-order valence-electron chi connectivity index (χ3n) is 3.94. The summed E-state index contributed by atoms with van der Waals surface area (Å²) in [5, 5.41) is 0. The van der Waals surface area contributed by atoms with E-state index < -0.39 is 9.84 Å². The average Bonchev–Trinajstić information content (AvgIpc) is 2.78. The molecule has 1 fully saturated rings. The first kappa shape index (κ1) is 12.7. The molecule has 2 heterocycles. The van der Waals surface area contributed by atoms with Crippen LogP contribution in [0.3, 0.4) is 0 Å². The smallest absolute Gasteiger partial charge is 0.151 e. The summed E-state index contributed by atoms with van der Waals surface area (Å²) in [6, 6.07) is 7.53. The van der Waals surface area contributed by atoms with Gasteiger partial charge in [-0.2, -0.15) is 0 Å². The van der Waals surface area contributed by atoms with Crippen LogP contribution in [0.15, 0.2) is 24.3 Å². The van der Waals surface area contributed by atoms with E-state index in [1.165, 1.54) is 0 Å². The standard InChI is InChI=1S/C14H16O4S/c15-14(10-6-8-19(16,17)9-10)12-5-7-18-13-4-2-1-3-11(12)13/h1-4,10,12H,5-9H2. The average molecular weight is 280 g/mol. The SMILES string of the molecule is O=C(C1CCS(=O)(=O)C1)C1CCOc2ccccc21. The number of hydrogen-bond acceptors (Lipinski definition) is 4. The van der Waals surface area contributed by atoms with Gasteiger partial charge in [0, 0.05) is 17.4 Å². The normalized spacial score (nSPS) is 28.4. The third-order valence-corrected chi connectivity index (χ3v) is 5.70. The van der Waals surface area contributed by atoms with E-state index in [4.69, 9.17) is 4.74 Å². The lowest BCUT2D eigenvalue weighted by Gasteiger charge is -2.26. The molecule has 2 atom stereocenters. The summed E-state index contributed by atoms with van der Waals surface area (Å²) in [4.78, 5) is 12.5. The van der Waals surface area contributed by atoms with Crippen molar-refractivity contribution in [3.8, 4) is 5.75 Å². The van der Waals surface area contributed by atoms with Crippen LogP contribution in [0.5, 0.6) is 5.75 Å². The van der Waals surface area contributed by atoms with Crippen LogP contribution in [0.1, 0.15) is 24.3 Å². The fourth-order valence-corrected chi connectivity index (χ4v) is 4.70. The van der Waals surface area contributed by atoms with Gasteiger partial charge in [0.2, 0.25) is 0 Å². The molecule has 2 aliphatic heterocycles. The van der Waals surface area contributed by atoms with Crippen molar-refractivity contribution in [2.75, 3.05) is 18.1 Å². The van der Waals surface area contributed by atoms with Gasteiger partial charge in [0.05, 0.1) is 18.1 Å². The summed E-state index contributed by atoms with van der Waals surface area (Å²) >= 11 is 0. The zero-order valence-corrected chi connectivity index (χ0v) is 11.4. The molecule has 0 amide bonds. The molecule has 0 aliphatic carbocycles. The lowest BCUT2D eigenvalue weighted by molar-refractivity contribution is -0.124. The number of ketones is 1. The second-order valence-electron chi connectivity index (χ2n) is 5.23. The zero-order valence-electron chi connectivity index (χ0n) is 10.5. The van der Waals surface area contributed by atoms with Gasteiger partial charge in [-0.15, -0.1) is 0 Å². The van der Waals surface area contributed by atoms with Gasteiger partial charge in [0.25, 0.3) is 0 Å². The molecule has 0 saturated carbocycles. The molecule has 4 nitrogen and oxygen atoms in total. The van der Waals surface area contributed by atoms with Crippen LogP contribution in [0, 0.1) is 5.92 Å². The summed E-state index contributed by atoms with van der Waals surface area (Å²) in [6.07, 6.45) is 1.12. The molecule has 5 heteroatoms. The molecule has 3 rings (SSSR count). The quantitative estimate of drug-likeness (QED) is 0.825. The minimum Gasteiger partial charge on any atom is -0.493 e. The molecule has 19 heavy (non-hydrogen) atoms. The van der Waals surface area contributed by atoms with E-state index in [2.05, 4.69) is 0 Å². The maximum atomic E-state index is 12.5. The van der Waals surface area contributed by atoms with Gasteiger partial charge in [0.1, 0.15) is 11.5 Å². The number of carbonyl (C=O) groups excluding carboxylic acids is 1.